The van der Waals surface area contributed by atoms with Crippen molar-refractivity contribution in [3.05, 3.63) is 17.5 Å². The van der Waals surface area contributed by atoms with Crippen molar-refractivity contribution < 1.29 is 9.90 Å². The number of hydrogen-bond donors (Lipinski definition) is 2. The van der Waals surface area contributed by atoms with Gasteiger partial charge in [0.25, 0.3) is 5.91 Å². The van der Waals surface area contributed by atoms with Crippen molar-refractivity contribution in [2.75, 3.05) is 6.54 Å². The Morgan fingerprint density at radius 1 is 1.48 bits per heavy atom. The molecular weight excluding hydrogens is 266 g/mol. The SMILES string of the molecule is CCn1nc(C(C)C)cc1C(=O)NCC1CCCCC1O. The van der Waals surface area contributed by atoms with Crippen molar-refractivity contribution in [3.63, 3.8) is 0 Å². The predicted molar refractivity (Wildman–Crippen MR) is 82.3 cm³/mol. The Kier molecular flexibility index (Phi) is 5.39. The first-order valence-corrected chi connectivity index (χ1v) is 8.07. The smallest absolute Gasteiger partial charge is 0.269 e. The van der Waals surface area contributed by atoms with Crippen LogP contribution in [0.3, 0.4) is 0 Å². The third kappa shape index (κ3) is 3.84. The number of aromatic nitrogens is 2. The Bertz CT molecular complexity index is 482. The highest BCUT2D eigenvalue weighted by Crippen LogP contribution is 2.23. The van der Waals surface area contributed by atoms with Gasteiger partial charge in [-0.25, -0.2) is 0 Å². The Morgan fingerprint density at radius 3 is 2.81 bits per heavy atom. The Hall–Kier alpha value is -1.36. The monoisotopic (exact) mass is 293 g/mol. The van der Waals surface area contributed by atoms with E-state index in [1.807, 2.05) is 13.0 Å². The molecule has 1 fully saturated rings. The molecule has 21 heavy (non-hydrogen) atoms. The zero-order chi connectivity index (χ0) is 15.4. The van der Waals surface area contributed by atoms with Crippen molar-refractivity contribution in [3.8, 4) is 0 Å². The zero-order valence-corrected chi connectivity index (χ0v) is 13.3. The molecule has 2 unspecified atom stereocenters. The summed E-state index contributed by atoms with van der Waals surface area (Å²) in [6, 6.07) is 1.88. The van der Waals surface area contributed by atoms with Gasteiger partial charge in [-0.15, -0.1) is 0 Å². The molecule has 0 aromatic carbocycles. The van der Waals surface area contributed by atoms with Crippen molar-refractivity contribution >= 4 is 5.91 Å². The largest absolute Gasteiger partial charge is 0.393 e. The zero-order valence-electron chi connectivity index (χ0n) is 13.3. The van der Waals surface area contributed by atoms with E-state index in [1.165, 1.54) is 0 Å². The summed E-state index contributed by atoms with van der Waals surface area (Å²) in [5, 5.41) is 17.4. The van der Waals surface area contributed by atoms with Crippen LogP contribution in [0.2, 0.25) is 0 Å². The molecule has 1 aliphatic rings. The van der Waals surface area contributed by atoms with E-state index in [4.69, 9.17) is 0 Å². The van der Waals surface area contributed by atoms with Crippen LogP contribution in [0, 0.1) is 5.92 Å². The fourth-order valence-corrected chi connectivity index (χ4v) is 2.88. The maximum Gasteiger partial charge on any atom is 0.269 e. The van der Waals surface area contributed by atoms with E-state index in [-0.39, 0.29) is 17.9 Å². The first-order chi connectivity index (χ1) is 10.0. The third-order valence-electron chi connectivity index (χ3n) is 4.32. The van der Waals surface area contributed by atoms with E-state index in [0.717, 1.165) is 31.4 Å². The Balaban J connectivity index is 1.99. The minimum Gasteiger partial charge on any atom is -0.393 e. The lowest BCUT2D eigenvalue weighted by atomic mass is 9.86. The lowest BCUT2D eigenvalue weighted by Crippen LogP contribution is -2.37. The molecule has 1 aromatic rings. The molecule has 0 saturated heterocycles. The molecule has 1 heterocycles. The second kappa shape index (κ2) is 7.07. The summed E-state index contributed by atoms with van der Waals surface area (Å²) >= 11 is 0. The molecule has 0 spiro atoms. The van der Waals surface area contributed by atoms with Crippen LogP contribution in [-0.4, -0.2) is 33.4 Å². The summed E-state index contributed by atoms with van der Waals surface area (Å²) in [5.41, 5.74) is 1.56. The van der Waals surface area contributed by atoms with Crippen molar-refractivity contribution in [2.45, 2.75) is 65.0 Å². The average Bonchev–Trinajstić information content (AvgIpc) is 2.90. The summed E-state index contributed by atoms with van der Waals surface area (Å²) in [7, 11) is 0. The standard InChI is InChI=1S/C16H27N3O2/c1-4-19-14(9-13(18-19)11(2)3)16(21)17-10-12-7-5-6-8-15(12)20/h9,11-12,15,20H,4-8,10H2,1-3H3,(H,17,21). The van der Waals surface area contributed by atoms with Gasteiger partial charge in [-0.1, -0.05) is 26.7 Å². The van der Waals surface area contributed by atoms with Crippen LogP contribution in [0.5, 0.6) is 0 Å². The van der Waals surface area contributed by atoms with Gasteiger partial charge in [0.05, 0.1) is 11.8 Å². The number of aryl methyl sites for hydroxylation is 1. The Labute approximate surface area is 126 Å². The second-order valence-electron chi connectivity index (χ2n) is 6.25. The molecule has 0 radical (unpaired) electrons. The number of aliphatic hydroxyl groups excluding tert-OH is 1. The molecule has 5 nitrogen and oxygen atoms in total. The van der Waals surface area contributed by atoms with E-state index in [2.05, 4.69) is 24.3 Å². The van der Waals surface area contributed by atoms with Gasteiger partial charge in [-0.3, -0.25) is 9.48 Å². The van der Waals surface area contributed by atoms with Gasteiger partial charge >= 0.3 is 0 Å². The van der Waals surface area contributed by atoms with E-state index in [0.29, 0.717) is 24.7 Å². The lowest BCUT2D eigenvalue weighted by molar-refractivity contribution is 0.0660. The van der Waals surface area contributed by atoms with E-state index < -0.39 is 0 Å². The van der Waals surface area contributed by atoms with Gasteiger partial charge in [0.15, 0.2) is 0 Å². The van der Waals surface area contributed by atoms with Crippen LogP contribution in [-0.2, 0) is 6.54 Å². The van der Waals surface area contributed by atoms with Gasteiger partial charge in [0.1, 0.15) is 5.69 Å². The highest BCUT2D eigenvalue weighted by atomic mass is 16.3. The first kappa shape index (κ1) is 16.0. The minimum atomic E-state index is -0.277. The molecule has 1 amide bonds. The molecule has 2 rings (SSSR count). The molecule has 2 N–H and O–H groups in total. The fraction of sp³-hybridized carbons (Fsp3) is 0.750. The summed E-state index contributed by atoms with van der Waals surface area (Å²) in [6.07, 6.45) is 3.80. The molecule has 5 heteroatoms. The van der Waals surface area contributed by atoms with Crippen molar-refractivity contribution in [1.29, 1.82) is 0 Å². The maximum absolute atomic E-state index is 12.4. The predicted octanol–water partition coefficient (Wildman–Crippen LogP) is 2.31. The van der Waals surface area contributed by atoms with Crippen LogP contribution in [0.15, 0.2) is 6.07 Å². The number of nitrogens with zero attached hydrogens (tertiary/aromatic N) is 2. The molecular formula is C16H27N3O2. The van der Waals surface area contributed by atoms with E-state index >= 15 is 0 Å². The molecule has 118 valence electrons. The summed E-state index contributed by atoms with van der Waals surface area (Å²) < 4.78 is 1.75. The third-order valence-corrected chi connectivity index (χ3v) is 4.32. The van der Waals surface area contributed by atoms with Gasteiger partial charge in [-0.2, -0.15) is 5.10 Å². The van der Waals surface area contributed by atoms with Crippen molar-refractivity contribution in [2.24, 2.45) is 5.92 Å². The first-order valence-electron chi connectivity index (χ1n) is 8.07. The highest BCUT2D eigenvalue weighted by Gasteiger charge is 2.24. The lowest BCUT2D eigenvalue weighted by Gasteiger charge is -2.27. The highest BCUT2D eigenvalue weighted by molar-refractivity contribution is 5.92. The summed E-state index contributed by atoms with van der Waals surface area (Å²) in [6.45, 7) is 7.36. The average molecular weight is 293 g/mol. The van der Waals surface area contributed by atoms with Crippen molar-refractivity contribution in [1.82, 2.24) is 15.1 Å². The van der Waals surface area contributed by atoms with E-state index in [1.54, 1.807) is 4.68 Å². The molecule has 1 saturated carbocycles. The van der Waals surface area contributed by atoms with E-state index in [9.17, 15) is 9.90 Å². The topological polar surface area (TPSA) is 67.2 Å². The number of carbonyl (C=O) groups excluding carboxylic acids is 1. The fourth-order valence-electron chi connectivity index (χ4n) is 2.88. The van der Waals surface area contributed by atoms with Crippen LogP contribution >= 0.6 is 0 Å². The number of amides is 1. The van der Waals surface area contributed by atoms with Gasteiger partial charge in [-0.05, 0) is 31.7 Å². The van der Waals surface area contributed by atoms with Crippen LogP contribution in [0.1, 0.15) is 68.6 Å². The summed E-state index contributed by atoms with van der Waals surface area (Å²) in [5.74, 6) is 0.406. The normalized spacial score (nSPS) is 22.5. The number of carbonyl (C=O) groups is 1. The molecule has 0 bridgehead atoms. The van der Waals surface area contributed by atoms with Gasteiger partial charge < -0.3 is 10.4 Å². The summed E-state index contributed by atoms with van der Waals surface area (Å²) in [4.78, 5) is 12.4. The number of aliphatic hydroxyl groups is 1. The second-order valence-corrected chi connectivity index (χ2v) is 6.25. The maximum atomic E-state index is 12.4. The number of rotatable bonds is 5. The number of nitrogens with one attached hydrogen (secondary N) is 1. The molecule has 0 aliphatic heterocycles. The van der Waals surface area contributed by atoms with Crippen LogP contribution < -0.4 is 5.32 Å². The van der Waals surface area contributed by atoms with Crippen LogP contribution in [0.4, 0.5) is 0 Å². The molecule has 1 aromatic heterocycles. The Morgan fingerprint density at radius 2 is 2.19 bits per heavy atom. The van der Waals surface area contributed by atoms with Gasteiger partial charge in [0.2, 0.25) is 0 Å². The molecule has 1 aliphatic carbocycles. The number of hydrogen-bond acceptors (Lipinski definition) is 3. The van der Waals surface area contributed by atoms with Gasteiger partial charge in [0, 0.05) is 19.0 Å². The minimum absolute atomic E-state index is 0.0889. The van der Waals surface area contributed by atoms with Crippen LogP contribution in [0.25, 0.3) is 0 Å². The quantitative estimate of drug-likeness (QED) is 0.875. The molecule has 2 atom stereocenters.